The van der Waals surface area contributed by atoms with Gasteiger partial charge in [0.1, 0.15) is 0 Å². The second-order valence-corrected chi connectivity index (χ2v) is 0. The van der Waals surface area contributed by atoms with Gasteiger partial charge in [-0.05, 0) is 0 Å². The summed E-state index contributed by atoms with van der Waals surface area (Å²) in [6.07, 6.45) is 0. The molecule has 0 bridgehead atoms. The molecule has 0 atom stereocenters. The summed E-state index contributed by atoms with van der Waals surface area (Å²) in [6.45, 7) is 0. The molecule has 0 saturated heterocycles. The summed E-state index contributed by atoms with van der Waals surface area (Å²) in [5, 5.41) is 0. The van der Waals surface area contributed by atoms with E-state index in [1.54, 1.807) is 0 Å². The topological polar surface area (TPSA) is 0 Å². The Morgan fingerprint density at radius 2 is 0.750 bits per heavy atom. The Morgan fingerprint density at radius 3 is 0.750 bits per heavy atom. The van der Waals surface area contributed by atoms with E-state index in [2.05, 4.69) is 0 Å². The molecule has 0 aliphatic carbocycles. The first-order chi connectivity index (χ1) is 0. The number of hydrogen-bond acceptors (Lipinski definition) is 0. The summed E-state index contributed by atoms with van der Waals surface area (Å²) in [5.41, 5.74) is 0. The third-order valence-corrected chi connectivity index (χ3v) is 0. The van der Waals surface area contributed by atoms with Gasteiger partial charge in [0.25, 0.3) is 0 Å². The van der Waals surface area contributed by atoms with Crippen LogP contribution in [0, 0.1) is 0 Å². The van der Waals surface area contributed by atoms with Gasteiger partial charge >= 0.3 is 16.8 Å². The molecule has 0 saturated carbocycles. The minimum Gasteiger partial charge on any atom is -1.00 e. The van der Waals surface area contributed by atoms with Crippen molar-refractivity contribution in [2.45, 2.75) is 0 Å². The van der Waals surface area contributed by atoms with Crippen molar-refractivity contribution in [1.82, 2.24) is 0 Å². The molecule has 0 rings (SSSR count). The molecule has 0 spiro atoms. The maximum atomic E-state index is 0. The average molecular weight is 250 g/mol. The fourth-order valence-corrected chi connectivity index (χ4v) is 0. The molecule has 0 aliphatic heterocycles. The Labute approximate surface area is 60.5 Å². The van der Waals surface area contributed by atoms with Crippen molar-refractivity contribution in [3.63, 3.8) is 0 Å². The minimum absolute atomic E-state index is 0. The van der Waals surface area contributed by atoms with Crippen LogP contribution in [-0.4, -0.2) is 0 Å². The zero-order chi connectivity index (χ0) is 0. The van der Waals surface area contributed by atoms with Crippen molar-refractivity contribution < 1.29 is 50.7 Å². The van der Waals surface area contributed by atoms with Gasteiger partial charge in [0.2, 0.25) is 0 Å². The van der Waals surface area contributed by atoms with Crippen LogP contribution in [0.15, 0.2) is 0 Å². The SMILES string of the molecule is [Br-].[Br-].[Co+2].[P]. The van der Waals surface area contributed by atoms with Gasteiger partial charge in [0.15, 0.2) is 0 Å². The number of halogens is 2. The van der Waals surface area contributed by atoms with Crippen LogP contribution in [0.25, 0.3) is 0 Å². The molecule has 4 heteroatoms. The van der Waals surface area contributed by atoms with Gasteiger partial charge in [-0.1, -0.05) is 0 Å². The summed E-state index contributed by atoms with van der Waals surface area (Å²) < 4.78 is 0. The van der Waals surface area contributed by atoms with E-state index in [1.807, 2.05) is 0 Å². The molecule has 0 aliphatic rings. The molecule has 0 nitrogen and oxygen atoms in total. The van der Waals surface area contributed by atoms with Gasteiger partial charge in [-0.3, -0.25) is 0 Å². The van der Waals surface area contributed by atoms with Gasteiger partial charge < -0.3 is 34.0 Å². The summed E-state index contributed by atoms with van der Waals surface area (Å²) in [5.74, 6) is 0. The standard InChI is InChI=1S/2BrH.Co.P/h2*1H;;/q;;+2;/p-2. The van der Waals surface area contributed by atoms with Crippen molar-refractivity contribution in [2.24, 2.45) is 0 Å². The van der Waals surface area contributed by atoms with Gasteiger partial charge in [-0.25, -0.2) is 0 Å². The molecule has 0 N–H and O–H groups in total. The summed E-state index contributed by atoms with van der Waals surface area (Å²) in [7, 11) is 0. The molecule has 0 aromatic heterocycles. The summed E-state index contributed by atoms with van der Waals surface area (Å²) >= 11 is 0. The summed E-state index contributed by atoms with van der Waals surface area (Å²) in [6, 6.07) is 0. The Morgan fingerprint density at radius 1 is 0.750 bits per heavy atom. The van der Waals surface area contributed by atoms with Gasteiger partial charge in [-0.2, -0.15) is 0 Å². The molecule has 4 heavy (non-hydrogen) atoms. The third kappa shape index (κ3) is 9.09. The molecule has 28 valence electrons. The molecule has 0 fully saturated rings. The van der Waals surface area contributed by atoms with E-state index < -0.39 is 0 Å². The van der Waals surface area contributed by atoms with Crippen LogP contribution in [0.4, 0.5) is 0 Å². The van der Waals surface area contributed by atoms with Crippen LogP contribution in [0.3, 0.4) is 0 Å². The van der Waals surface area contributed by atoms with Crippen molar-refractivity contribution >= 4 is 9.90 Å². The maximum absolute atomic E-state index is 0. The fourth-order valence-electron chi connectivity index (χ4n) is 0. The van der Waals surface area contributed by atoms with E-state index in [9.17, 15) is 0 Å². The van der Waals surface area contributed by atoms with Gasteiger partial charge in [-0.15, -0.1) is 0 Å². The Bertz CT molecular complexity index is 6.00. The number of hydrogen-bond donors (Lipinski definition) is 0. The number of rotatable bonds is 0. The third-order valence-electron chi connectivity index (χ3n) is 0. The van der Waals surface area contributed by atoms with Crippen molar-refractivity contribution in [3.05, 3.63) is 0 Å². The van der Waals surface area contributed by atoms with Crippen LogP contribution in [0.1, 0.15) is 0 Å². The van der Waals surface area contributed by atoms with E-state index in [-0.39, 0.29) is 60.6 Å². The van der Waals surface area contributed by atoms with Crippen molar-refractivity contribution in [3.8, 4) is 0 Å². The molecular formula is Br2CoP. The first kappa shape index (κ1) is 39.3. The molecule has 0 amide bonds. The first-order valence-electron chi connectivity index (χ1n) is 0. The Kier molecular flexibility index (Phi) is 203. The molecular weight excluding hydrogens is 250 g/mol. The first-order valence-corrected chi connectivity index (χ1v) is 0. The van der Waals surface area contributed by atoms with E-state index in [0.717, 1.165) is 0 Å². The normalized spacial score (nSPS) is 0. The quantitative estimate of drug-likeness (QED) is 0.377. The second-order valence-electron chi connectivity index (χ2n) is 0. The van der Waals surface area contributed by atoms with E-state index in [1.165, 1.54) is 0 Å². The zero-order valence-electron chi connectivity index (χ0n) is 1.54. The fraction of sp³-hybridized carbons (Fsp3) is 0. The average Bonchev–Trinajstić information content (AvgIpc) is 0. The largest absolute Gasteiger partial charge is 2.00 e. The van der Waals surface area contributed by atoms with Gasteiger partial charge in [0.05, 0.1) is 0 Å². The Hall–Kier alpha value is 1.90. The van der Waals surface area contributed by atoms with Crippen LogP contribution in [-0.2, 0) is 16.8 Å². The molecule has 4 radical (unpaired) electrons. The predicted octanol–water partition coefficient (Wildman–Crippen LogP) is -5.13. The molecule has 0 aromatic rings. The Balaban J connectivity index is 0. The van der Waals surface area contributed by atoms with Crippen LogP contribution in [0.2, 0.25) is 0 Å². The monoisotopic (exact) mass is 248 g/mol. The minimum atomic E-state index is 0. The maximum Gasteiger partial charge on any atom is 2.00 e. The van der Waals surface area contributed by atoms with Crippen LogP contribution < -0.4 is 34.0 Å². The van der Waals surface area contributed by atoms with E-state index in [4.69, 9.17) is 0 Å². The predicted molar refractivity (Wildman–Crippen MR) is 6.92 cm³/mol. The van der Waals surface area contributed by atoms with E-state index in [0.29, 0.717) is 0 Å². The zero-order valence-corrected chi connectivity index (χ0v) is 6.64. The molecule has 0 unspecified atom stereocenters. The van der Waals surface area contributed by atoms with Crippen molar-refractivity contribution in [2.75, 3.05) is 0 Å². The smallest absolute Gasteiger partial charge is 1.00 e. The molecule has 0 heterocycles. The van der Waals surface area contributed by atoms with E-state index >= 15 is 0 Å². The molecule has 0 aromatic carbocycles. The van der Waals surface area contributed by atoms with Crippen LogP contribution >= 0.6 is 9.90 Å². The van der Waals surface area contributed by atoms with Crippen molar-refractivity contribution in [1.29, 1.82) is 0 Å². The van der Waals surface area contributed by atoms with Gasteiger partial charge in [0, 0.05) is 9.90 Å². The second kappa shape index (κ2) is 20.7. The summed E-state index contributed by atoms with van der Waals surface area (Å²) in [4.78, 5) is 0. The van der Waals surface area contributed by atoms with Crippen LogP contribution in [0.5, 0.6) is 0 Å².